The van der Waals surface area contributed by atoms with Gasteiger partial charge in [0, 0.05) is 0 Å². The van der Waals surface area contributed by atoms with Crippen LogP contribution in [0.2, 0.25) is 0 Å². The molecule has 0 rings (SSSR count). The van der Waals surface area contributed by atoms with Crippen molar-refractivity contribution >= 4 is 41.9 Å². The number of hydrogen-bond donors (Lipinski definition) is 0. The van der Waals surface area contributed by atoms with E-state index in [9.17, 15) is 0 Å². The fraction of sp³-hybridized carbons (Fsp3) is 1.00. The first-order chi connectivity index (χ1) is 18.3. The fourth-order valence-electron chi connectivity index (χ4n) is 5.24. The van der Waals surface area contributed by atoms with Crippen LogP contribution in [-0.2, 0) is 0 Å². The minimum absolute atomic E-state index is 0. The molecule has 0 bridgehead atoms. The lowest BCUT2D eigenvalue weighted by Gasteiger charge is -2.18. The van der Waals surface area contributed by atoms with Gasteiger partial charge in [-0.2, -0.15) is 0 Å². The molecule has 0 N–H and O–H groups in total. The first-order valence-electron chi connectivity index (χ1n) is 18.0. The lowest BCUT2D eigenvalue weighted by Crippen LogP contribution is -1.97. The van der Waals surface area contributed by atoms with Gasteiger partial charge in [-0.3, -0.25) is 0 Å². The summed E-state index contributed by atoms with van der Waals surface area (Å²) in [7, 11) is 0.366. The minimum Gasteiger partial charge on any atom is -0.114 e. The molecule has 0 aromatic carbocycles. The maximum Gasteiger partial charge on any atom is -0.0326 e. The van der Waals surface area contributed by atoms with Gasteiger partial charge in [0.05, 0.1) is 0 Å². The van der Waals surface area contributed by atoms with Gasteiger partial charge in [0.25, 0.3) is 0 Å². The molecule has 0 aliphatic carbocycles. The summed E-state index contributed by atoms with van der Waals surface area (Å²) in [5.74, 6) is 0. The zero-order valence-electron chi connectivity index (χ0n) is 28.2. The standard InChI is InChI=1S/C24H51P.C12H26.2BrH/c1-4-7-10-13-16-19-22-25(23-20-17-14-11-8-5-2)24-21-18-15-12-9-6-3;1-3-5-7-9-11-12-10-8-6-4-2;;/h4-24H2,1-3H3;3-12H2,1-2H3;2*1H. The normalized spacial score (nSPS) is 10.6. The summed E-state index contributed by atoms with van der Waals surface area (Å²) in [4.78, 5) is 0. The fourth-order valence-corrected chi connectivity index (χ4v) is 7.93. The number of halogens is 2. The number of hydrogen-bond acceptors (Lipinski definition) is 0. The zero-order valence-corrected chi connectivity index (χ0v) is 32.5. The van der Waals surface area contributed by atoms with Crippen LogP contribution < -0.4 is 0 Å². The molecule has 0 amide bonds. The van der Waals surface area contributed by atoms with Crippen LogP contribution in [0.1, 0.15) is 214 Å². The van der Waals surface area contributed by atoms with E-state index in [1.807, 2.05) is 0 Å². The summed E-state index contributed by atoms with van der Waals surface area (Å²) in [5.41, 5.74) is 0. The average Bonchev–Trinajstić information content (AvgIpc) is 2.91. The largest absolute Gasteiger partial charge is 0.114 e. The summed E-state index contributed by atoms with van der Waals surface area (Å²) in [6, 6.07) is 0. The molecule has 3 heteroatoms. The highest BCUT2D eigenvalue weighted by molar-refractivity contribution is 8.93. The second kappa shape index (κ2) is 46.4. The van der Waals surface area contributed by atoms with E-state index in [2.05, 4.69) is 34.6 Å². The Morgan fingerprint density at radius 1 is 0.231 bits per heavy atom. The second-order valence-corrected chi connectivity index (χ2v) is 14.7. The van der Waals surface area contributed by atoms with Gasteiger partial charge in [-0.15, -0.1) is 41.9 Å². The molecule has 0 saturated heterocycles. The van der Waals surface area contributed by atoms with Crippen molar-refractivity contribution in [1.29, 1.82) is 0 Å². The van der Waals surface area contributed by atoms with Crippen LogP contribution in [0.25, 0.3) is 0 Å². The summed E-state index contributed by atoms with van der Waals surface area (Å²) in [5, 5.41) is 0. The average molecular weight is 703 g/mol. The summed E-state index contributed by atoms with van der Waals surface area (Å²) >= 11 is 0. The molecule has 0 aliphatic rings. The molecule has 0 heterocycles. The van der Waals surface area contributed by atoms with Gasteiger partial charge in [0.1, 0.15) is 0 Å². The number of rotatable bonds is 30. The van der Waals surface area contributed by atoms with E-state index in [4.69, 9.17) is 0 Å². The topological polar surface area (TPSA) is 0 Å². The lowest BCUT2D eigenvalue weighted by atomic mass is 10.1. The van der Waals surface area contributed by atoms with E-state index in [0.717, 1.165) is 0 Å². The molecule has 0 atom stereocenters. The molecule has 0 aromatic rings. The van der Waals surface area contributed by atoms with E-state index < -0.39 is 0 Å². The highest BCUT2D eigenvalue weighted by atomic mass is 79.9. The number of unbranched alkanes of at least 4 members (excludes halogenated alkanes) is 24. The maximum absolute atomic E-state index is 2.32. The Balaban J connectivity index is -0.000000371. The molecule has 0 aliphatic heterocycles. The van der Waals surface area contributed by atoms with Crippen LogP contribution in [0.4, 0.5) is 0 Å². The third-order valence-electron chi connectivity index (χ3n) is 7.94. The Morgan fingerprint density at radius 3 is 0.564 bits per heavy atom. The Morgan fingerprint density at radius 2 is 0.385 bits per heavy atom. The van der Waals surface area contributed by atoms with Crippen molar-refractivity contribution in [2.75, 3.05) is 18.5 Å². The van der Waals surface area contributed by atoms with Crippen LogP contribution in [0.15, 0.2) is 0 Å². The Bertz CT molecular complexity index is 316. The molecule has 242 valence electrons. The molecular formula is C36H79Br2P. The monoisotopic (exact) mass is 700 g/mol. The first kappa shape index (κ1) is 47.3. The molecule has 0 aromatic heterocycles. The molecule has 39 heavy (non-hydrogen) atoms. The third-order valence-corrected chi connectivity index (χ3v) is 10.8. The van der Waals surface area contributed by atoms with Crippen molar-refractivity contribution < 1.29 is 0 Å². The smallest absolute Gasteiger partial charge is 0.0326 e. The molecule has 0 spiro atoms. The van der Waals surface area contributed by atoms with Crippen molar-refractivity contribution in [3.63, 3.8) is 0 Å². The summed E-state index contributed by atoms with van der Waals surface area (Å²) in [6.07, 6.45) is 45.7. The Kier molecular flexibility index (Phi) is 56.2. The maximum atomic E-state index is 2.32. The molecule has 0 radical (unpaired) electrons. The van der Waals surface area contributed by atoms with Crippen LogP contribution in [0.3, 0.4) is 0 Å². The van der Waals surface area contributed by atoms with Gasteiger partial charge >= 0.3 is 0 Å². The van der Waals surface area contributed by atoms with Crippen molar-refractivity contribution in [2.45, 2.75) is 214 Å². The predicted octanol–water partition coefficient (Wildman–Crippen LogP) is 15.6. The minimum atomic E-state index is 0. The van der Waals surface area contributed by atoms with Crippen molar-refractivity contribution in [2.24, 2.45) is 0 Å². The lowest BCUT2D eigenvalue weighted by molar-refractivity contribution is 0.562. The van der Waals surface area contributed by atoms with Crippen LogP contribution in [0, 0.1) is 0 Å². The highest BCUT2D eigenvalue weighted by Crippen LogP contribution is 2.39. The zero-order chi connectivity index (χ0) is 27.5. The van der Waals surface area contributed by atoms with Gasteiger partial charge in [-0.1, -0.05) is 195 Å². The van der Waals surface area contributed by atoms with E-state index in [0.29, 0.717) is 7.92 Å². The second-order valence-electron chi connectivity index (χ2n) is 12.0. The predicted molar refractivity (Wildman–Crippen MR) is 200 cm³/mol. The molecule has 0 unspecified atom stereocenters. The molecular weight excluding hydrogens is 623 g/mol. The van der Waals surface area contributed by atoms with Crippen LogP contribution in [-0.4, -0.2) is 18.5 Å². The van der Waals surface area contributed by atoms with Gasteiger partial charge in [0.15, 0.2) is 0 Å². The molecule has 0 fully saturated rings. The van der Waals surface area contributed by atoms with Gasteiger partial charge in [-0.05, 0) is 37.7 Å². The van der Waals surface area contributed by atoms with E-state index in [1.165, 1.54) is 180 Å². The van der Waals surface area contributed by atoms with Crippen LogP contribution >= 0.6 is 41.9 Å². The summed E-state index contributed by atoms with van der Waals surface area (Å²) in [6.45, 7) is 11.5. The van der Waals surface area contributed by atoms with Gasteiger partial charge in [0.2, 0.25) is 0 Å². The SMILES string of the molecule is Br.Br.CCCCCCCCCCCC.CCCCCCCCP(CCCCCCCC)CCCCCCCC. The molecule has 0 nitrogen and oxygen atoms in total. The van der Waals surface area contributed by atoms with Crippen LogP contribution in [0.5, 0.6) is 0 Å². The van der Waals surface area contributed by atoms with Gasteiger partial charge < -0.3 is 0 Å². The summed E-state index contributed by atoms with van der Waals surface area (Å²) < 4.78 is 0. The Hall–Kier alpha value is 1.39. The quantitative estimate of drug-likeness (QED) is 0.0516. The first-order valence-corrected chi connectivity index (χ1v) is 19.9. The molecule has 0 saturated carbocycles. The highest BCUT2D eigenvalue weighted by Gasteiger charge is 2.08. The third kappa shape index (κ3) is 46.6. The van der Waals surface area contributed by atoms with E-state index in [-0.39, 0.29) is 34.0 Å². The van der Waals surface area contributed by atoms with Crippen molar-refractivity contribution in [1.82, 2.24) is 0 Å². The van der Waals surface area contributed by atoms with Crippen molar-refractivity contribution in [3.05, 3.63) is 0 Å². The van der Waals surface area contributed by atoms with E-state index in [1.54, 1.807) is 18.5 Å². The van der Waals surface area contributed by atoms with E-state index >= 15 is 0 Å². The Labute approximate surface area is 273 Å². The van der Waals surface area contributed by atoms with Crippen molar-refractivity contribution in [3.8, 4) is 0 Å². The van der Waals surface area contributed by atoms with Gasteiger partial charge in [-0.25, -0.2) is 0 Å².